The van der Waals surface area contributed by atoms with Crippen LogP contribution in [-0.4, -0.2) is 19.5 Å². The second-order valence-corrected chi connectivity index (χ2v) is 18.7. The minimum Gasteiger partial charge on any atom is -0.472 e. The normalized spacial score (nSPS) is 45.4. The Labute approximate surface area is 202 Å². The van der Waals surface area contributed by atoms with Crippen LogP contribution >= 0.6 is 0 Å². The third kappa shape index (κ3) is 3.41. The highest BCUT2D eigenvalue weighted by Crippen LogP contribution is 2.69. The van der Waals surface area contributed by atoms with Gasteiger partial charge in [0.2, 0.25) is 0 Å². The fourth-order valence-electron chi connectivity index (χ4n) is 8.41. The summed E-state index contributed by atoms with van der Waals surface area (Å²) in [6.45, 7) is 16.7. The first kappa shape index (κ1) is 23.9. The Morgan fingerprint density at radius 1 is 1.06 bits per heavy atom. The quantitative estimate of drug-likeness (QED) is 0.364. The van der Waals surface area contributed by atoms with E-state index in [4.69, 9.17) is 8.84 Å². The number of allylic oxidation sites excluding steroid dienone is 1. The third-order valence-corrected chi connectivity index (χ3v) is 16.1. The second-order valence-electron chi connectivity index (χ2n) is 13.9. The Kier molecular flexibility index (Phi) is 5.48. The lowest BCUT2D eigenvalue weighted by atomic mass is 9.45. The van der Waals surface area contributed by atoms with Crippen molar-refractivity contribution in [2.45, 2.75) is 109 Å². The van der Waals surface area contributed by atoms with E-state index in [2.05, 4.69) is 59.9 Å². The summed E-state index contributed by atoms with van der Waals surface area (Å²) in [6.07, 6.45) is 16.9. The molecule has 184 valence electrons. The first-order valence-corrected chi connectivity index (χ1v) is 16.3. The molecule has 0 aromatic carbocycles. The van der Waals surface area contributed by atoms with Gasteiger partial charge in [-0.05, 0) is 98.2 Å². The zero-order valence-electron chi connectivity index (χ0n) is 22.0. The molecule has 1 heterocycles. The van der Waals surface area contributed by atoms with Gasteiger partial charge in [0.05, 0.1) is 24.2 Å². The highest BCUT2D eigenvalue weighted by Gasteiger charge is 2.65. The lowest BCUT2D eigenvalue weighted by Gasteiger charge is -2.60. The van der Waals surface area contributed by atoms with E-state index >= 15 is 0 Å². The van der Waals surface area contributed by atoms with Crippen molar-refractivity contribution in [1.82, 2.24) is 0 Å². The second kappa shape index (κ2) is 7.58. The van der Waals surface area contributed by atoms with E-state index in [1.165, 1.54) is 25.7 Å². The maximum Gasteiger partial charge on any atom is 0.192 e. The minimum atomic E-state index is -1.76. The molecule has 0 saturated heterocycles. The SMILES string of the molecule is CC(C)(C)[Si](C)(C)OC1C=C[C@@]2(C)C(CC[C@@H]3[C@H]2CC[C@@]2(C)[C@H]3CCC2(O)c2ccoc2)C1. The Balaban J connectivity index is 1.38. The molecule has 0 aliphatic heterocycles. The molecule has 3 saturated carbocycles. The lowest BCUT2D eigenvalue weighted by Crippen LogP contribution is -2.55. The van der Waals surface area contributed by atoms with Gasteiger partial charge in [-0.3, -0.25) is 0 Å². The van der Waals surface area contributed by atoms with Crippen LogP contribution in [0.1, 0.15) is 85.1 Å². The predicted molar refractivity (Wildman–Crippen MR) is 136 cm³/mol. The van der Waals surface area contributed by atoms with Gasteiger partial charge in [-0.1, -0.05) is 46.8 Å². The summed E-state index contributed by atoms with van der Waals surface area (Å²) in [5, 5.41) is 12.2. The van der Waals surface area contributed by atoms with Crippen molar-refractivity contribution >= 4 is 8.32 Å². The van der Waals surface area contributed by atoms with Gasteiger partial charge in [0, 0.05) is 11.0 Å². The highest BCUT2D eigenvalue weighted by atomic mass is 28.4. The first-order valence-electron chi connectivity index (χ1n) is 13.4. The smallest absolute Gasteiger partial charge is 0.192 e. The monoisotopic (exact) mass is 470 g/mol. The number of furan rings is 1. The summed E-state index contributed by atoms with van der Waals surface area (Å²) < 4.78 is 12.2. The van der Waals surface area contributed by atoms with Gasteiger partial charge >= 0.3 is 0 Å². The molecule has 1 aromatic heterocycles. The summed E-state index contributed by atoms with van der Waals surface area (Å²) in [7, 11) is -1.76. The van der Waals surface area contributed by atoms with Crippen LogP contribution in [-0.2, 0) is 10.0 Å². The van der Waals surface area contributed by atoms with Crippen molar-refractivity contribution in [3.8, 4) is 0 Å². The Morgan fingerprint density at radius 3 is 2.45 bits per heavy atom. The van der Waals surface area contributed by atoms with Crippen molar-refractivity contribution < 1.29 is 13.9 Å². The topological polar surface area (TPSA) is 42.6 Å². The van der Waals surface area contributed by atoms with E-state index < -0.39 is 13.9 Å². The standard InChI is InChI=1S/C29H46O3Si/c1-26(2,3)33(6,7)32-22-10-14-27(4)20(18-22)8-9-23-24(27)11-15-28(5)25(23)12-16-29(28,30)21-13-17-31-19-21/h10,13-14,17,19-20,22-25,30H,8-9,11-12,15-16,18H2,1-7H3/t20?,22?,23-,24-,25+,27+,28+,29?/m1/s1. The van der Waals surface area contributed by atoms with Gasteiger partial charge in [-0.25, -0.2) is 0 Å². The van der Waals surface area contributed by atoms with Gasteiger partial charge in [0.15, 0.2) is 8.32 Å². The van der Waals surface area contributed by atoms with Gasteiger partial charge in [0.1, 0.15) is 0 Å². The van der Waals surface area contributed by atoms with E-state index in [0.717, 1.165) is 36.7 Å². The van der Waals surface area contributed by atoms with Gasteiger partial charge in [-0.2, -0.15) is 0 Å². The predicted octanol–water partition coefficient (Wildman–Crippen LogP) is 7.68. The van der Waals surface area contributed by atoms with Crippen molar-refractivity contribution in [2.24, 2.45) is 34.5 Å². The number of fused-ring (bicyclic) bond motifs is 5. The van der Waals surface area contributed by atoms with Crippen LogP contribution in [0.2, 0.25) is 18.1 Å². The number of hydrogen-bond acceptors (Lipinski definition) is 3. The van der Waals surface area contributed by atoms with Gasteiger partial charge in [-0.15, -0.1) is 0 Å². The zero-order chi connectivity index (χ0) is 23.9. The molecule has 4 aliphatic rings. The summed E-state index contributed by atoms with van der Waals surface area (Å²) in [4.78, 5) is 0. The van der Waals surface area contributed by atoms with E-state index in [1.54, 1.807) is 12.5 Å². The summed E-state index contributed by atoms with van der Waals surface area (Å²) >= 11 is 0. The van der Waals surface area contributed by atoms with Crippen LogP contribution in [0.5, 0.6) is 0 Å². The highest BCUT2D eigenvalue weighted by molar-refractivity contribution is 6.74. The molecule has 4 aliphatic carbocycles. The molecular formula is C29H46O3Si. The molecule has 4 heteroatoms. The molecule has 3 unspecified atom stereocenters. The molecule has 8 atom stereocenters. The van der Waals surface area contributed by atoms with Crippen LogP contribution in [0, 0.1) is 34.5 Å². The van der Waals surface area contributed by atoms with Crippen molar-refractivity contribution in [2.75, 3.05) is 0 Å². The van der Waals surface area contributed by atoms with Crippen molar-refractivity contribution in [3.63, 3.8) is 0 Å². The van der Waals surface area contributed by atoms with E-state index in [-0.39, 0.29) is 22.0 Å². The number of rotatable bonds is 3. The first-order chi connectivity index (χ1) is 15.3. The van der Waals surface area contributed by atoms with Crippen LogP contribution < -0.4 is 0 Å². The molecular weight excluding hydrogens is 424 g/mol. The molecule has 0 radical (unpaired) electrons. The lowest BCUT2D eigenvalue weighted by molar-refractivity contribution is -0.143. The zero-order valence-corrected chi connectivity index (χ0v) is 23.0. The fourth-order valence-corrected chi connectivity index (χ4v) is 9.69. The van der Waals surface area contributed by atoms with Crippen LogP contribution in [0.25, 0.3) is 0 Å². The molecule has 3 fully saturated rings. The van der Waals surface area contributed by atoms with E-state index in [9.17, 15) is 5.11 Å². The largest absolute Gasteiger partial charge is 0.472 e. The Morgan fingerprint density at radius 2 is 1.79 bits per heavy atom. The van der Waals surface area contributed by atoms with Gasteiger partial charge in [0.25, 0.3) is 0 Å². The average molecular weight is 471 g/mol. The maximum atomic E-state index is 11.9. The third-order valence-electron chi connectivity index (χ3n) is 11.6. The molecule has 1 aromatic rings. The Bertz CT molecular complexity index is 898. The van der Waals surface area contributed by atoms with Crippen LogP contribution in [0.15, 0.2) is 35.2 Å². The average Bonchev–Trinajstić information content (AvgIpc) is 3.35. The van der Waals surface area contributed by atoms with Gasteiger partial charge < -0.3 is 13.9 Å². The molecule has 1 N–H and O–H groups in total. The number of aliphatic hydroxyl groups is 1. The molecule has 5 rings (SSSR count). The molecule has 0 spiro atoms. The van der Waals surface area contributed by atoms with Crippen LogP contribution in [0.3, 0.4) is 0 Å². The molecule has 0 bridgehead atoms. The molecule has 3 nitrogen and oxygen atoms in total. The van der Waals surface area contributed by atoms with Crippen molar-refractivity contribution in [3.05, 3.63) is 36.3 Å². The summed E-state index contributed by atoms with van der Waals surface area (Å²) in [5.41, 5.74) is 0.480. The molecule has 0 amide bonds. The van der Waals surface area contributed by atoms with E-state index in [0.29, 0.717) is 11.8 Å². The summed E-state index contributed by atoms with van der Waals surface area (Å²) in [5.74, 6) is 2.76. The molecule has 33 heavy (non-hydrogen) atoms. The summed E-state index contributed by atoms with van der Waals surface area (Å²) in [6, 6.07) is 1.99. The maximum absolute atomic E-state index is 11.9. The fraction of sp³-hybridized carbons (Fsp3) is 0.793. The van der Waals surface area contributed by atoms with Crippen molar-refractivity contribution in [1.29, 1.82) is 0 Å². The minimum absolute atomic E-state index is 0.0480. The van der Waals surface area contributed by atoms with Crippen LogP contribution in [0.4, 0.5) is 0 Å². The Hall–Kier alpha value is -0.843. The van der Waals surface area contributed by atoms with E-state index in [1.807, 2.05) is 6.07 Å². The number of hydrogen-bond donors (Lipinski definition) is 1.